The van der Waals surface area contributed by atoms with Gasteiger partial charge in [0.05, 0.1) is 12.2 Å². The van der Waals surface area contributed by atoms with Crippen molar-refractivity contribution >= 4 is 0 Å². The summed E-state index contributed by atoms with van der Waals surface area (Å²) < 4.78 is 0. The van der Waals surface area contributed by atoms with E-state index >= 15 is 0 Å². The molecule has 0 spiro atoms. The number of hydrogen-bond acceptors (Lipinski definition) is 4. The highest BCUT2D eigenvalue weighted by Crippen LogP contribution is 2.07. The Labute approximate surface area is 68.5 Å². The molecule has 1 atom stereocenters. The van der Waals surface area contributed by atoms with Crippen LogP contribution in [0.5, 0.6) is 0 Å². The van der Waals surface area contributed by atoms with Crippen molar-refractivity contribution in [2.75, 3.05) is 6.54 Å². The fourth-order valence-corrected chi connectivity index (χ4v) is 0.705. The van der Waals surface area contributed by atoms with E-state index in [0.29, 0.717) is 5.69 Å². The van der Waals surface area contributed by atoms with Gasteiger partial charge in [-0.05, 0) is 11.6 Å². The summed E-state index contributed by atoms with van der Waals surface area (Å²) in [7, 11) is 0. The highest BCUT2D eigenvalue weighted by molar-refractivity contribution is 5.02. The number of aliphatic hydroxyl groups is 1. The summed E-state index contributed by atoms with van der Waals surface area (Å²) in [6.07, 6.45) is 2.00. The van der Waals surface area contributed by atoms with Gasteiger partial charge in [0.1, 0.15) is 12.4 Å². The SMILES string of the molecule is [N-]=[N+]=NC[C@H](O)c1ccncn1. The zero-order chi connectivity index (χ0) is 8.81. The van der Waals surface area contributed by atoms with E-state index in [2.05, 4.69) is 20.0 Å². The Bertz CT molecular complexity index is 281. The molecule has 1 aromatic rings. The molecule has 0 bridgehead atoms. The molecule has 0 unspecified atom stereocenters. The van der Waals surface area contributed by atoms with Crippen LogP contribution < -0.4 is 0 Å². The topological polar surface area (TPSA) is 94.8 Å². The van der Waals surface area contributed by atoms with Gasteiger partial charge < -0.3 is 5.11 Å². The van der Waals surface area contributed by atoms with E-state index in [1.54, 1.807) is 6.07 Å². The molecular formula is C6H7N5O. The maximum Gasteiger partial charge on any atom is 0.115 e. The molecule has 1 N–H and O–H groups in total. The first-order chi connectivity index (χ1) is 5.84. The van der Waals surface area contributed by atoms with Crippen LogP contribution in [0.2, 0.25) is 0 Å². The standard InChI is InChI=1S/C6H7N5O/c7-11-10-3-6(12)5-1-2-8-4-9-5/h1-2,4,6,12H,3H2/t6-/m0/s1. The highest BCUT2D eigenvalue weighted by atomic mass is 16.3. The average molecular weight is 165 g/mol. The molecule has 0 saturated carbocycles. The lowest BCUT2D eigenvalue weighted by Crippen LogP contribution is -2.03. The molecule has 0 aliphatic heterocycles. The number of aliphatic hydroxyl groups excluding tert-OH is 1. The molecule has 0 amide bonds. The predicted molar refractivity (Wildman–Crippen MR) is 41.0 cm³/mol. The molecule has 0 fully saturated rings. The molecule has 1 aromatic heterocycles. The Balaban J connectivity index is 2.65. The number of rotatable bonds is 3. The number of azide groups is 1. The quantitative estimate of drug-likeness (QED) is 0.408. The van der Waals surface area contributed by atoms with Crippen molar-refractivity contribution in [1.29, 1.82) is 0 Å². The average Bonchev–Trinajstić information content (AvgIpc) is 2.15. The second-order valence-electron chi connectivity index (χ2n) is 2.06. The van der Waals surface area contributed by atoms with E-state index in [9.17, 15) is 5.11 Å². The second-order valence-corrected chi connectivity index (χ2v) is 2.06. The van der Waals surface area contributed by atoms with Crippen LogP contribution in [-0.4, -0.2) is 21.6 Å². The number of aromatic nitrogens is 2. The summed E-state index contributed by atoms with van der Waals surface area (Å²) in [5, 5.41) is 12.5. The first kappa shape index (κ1) is 8.45. The molecule has 0 aliphatic rings. The lowest BCUT2D eigenvalue weighted by atomic mass is 10.2. The van der Waals surface area contributed by atoms with Crippen LogP contribution in [0.15, 0.2) is 23.7 Å². The number of nitrogens with zero attached hydrogens (tertiary/aromatic N) is 5. The molecule has 6 heteroatoms. The minimum absolute atomic E-state index is 0.00644. The van der Waals surface area contributed by atoms with Gasteiger partial charge in [-0.15, -0.1) is 0 Å². The molecule has 1 rings (SSSR count). The molecule has 12 heavy (non-hydrogen) atoms. The summed E-state index contributed by atoms with van der Waals surface area (Å²) in [5.74, 6) is 0. The van der Waals surface area contributed by atoms with Crippen LogP contribution in [0.1, 0.15) is 11.8 Å². The van der Waals surface area contributed by atoms with Gasteiger partial charge in [-0.3, -0.25) is 0 Å². The summed E-state index contributed by atoms with van der Waals surface area (Å²) in [6.45, 7) is -0.00644. The minimum Gasteiger partial charge on any atom is -0.387 e. The normalized spacial score (nSPS) is 11.8. The fraction of sp³-hybridized carbons (Fsp3) is 0.333. The van der Waals surface area contributed by atoms with Crippen molar-refractivity contribution in [3.8, 4) is 0 Å². The van der Waals surface area contributed by atoms with E-state index in [1.165, 1.54) is 12.5 Å². The molecule has 0 radical (unpaired) electrons. The zero-order valence-corrected chi connectivity index (χ0v) is 6.20. The Morgan fingerprint density at radius 1 is 1.75 bits per heavy atom. The van der Waals surface area contributed by atoms with Crippen LogP contribution in [0.25, 0.3) is 10.4 Å². The molecule has 1 heterocycles. The Morgan fingerprint density at radius 2 is 2.58 bits per heavy atom. The molecule has 0 aliphatic carbocycles. The lowest BCUT2D eigenvalue weighted by Gasteiger charge is -2.03. The van der Waals surface area contributed by atoms with Gasteiger partial charge in [0.25, 0.3) is 0 Å². The lowest BCUT2D eigenvalue weighted by molar-refractivity contribution is 0.181. The van der Waals surface area contributed by atoms with Crippen LogP contribution >= 0.6 is 0 Å². The maximum absolute atomic E-state index is 9.30. The fourth-order valence-electron chi connectivity index (χ4n) is 0.705. The first-order valence-corrected chi connectivity index (χ1v) is 3.29. The molecule has 0 aromatic carbocycles. The molecular weight excluding hydrogens is 158 g/mol. The van der Waals surface area contributed by atoms with Crippen molar-refractivity contribution in [3.63, 3.8) is 0 Å². The zero-order valence-electron chi connectivity index (χ0n) is 6.20. The minimum atomic E-state index is -0.844. The van der Waals surface area contributed by atoms with Gasteiger partial charge in [0.2, 0.25) is 0 Å². The van der Waals surface area contributed by atoms with E-state index < -0.39 is 6.10 Å². The van der Waals surface area contributed by atoms with E-state index in [0.717, 1.165) is 0 Å². The largest absolute Gasteiger partial charge is 0.387 e. The van der Waals surface area contributed by atoms with Gasteiger partial charge in [-0.2, -0.15) is 0 Å². The second kappa shape index (κ2) is 4.27. The van der Waals surface area contributed by atoms with Gasteiger partial charge in [0, 0.05) is 11.1 Å². The Kier molecular flexibility index (Phi) is 3.01. The Hall–Kier alpha value is -1.65. The third-order valence-corrected chi connectivity index (χ3v) is 1.26. The van der Waals surface area contributed by atoms with Crippen molar-refractivity contribution in [2.24, 2.45) is 5.11 Å². The summed E-state index contributed by atoms with van der Waals surface area (Å²) in [5.41, 5.74) is 8.43. The van der Waals surface area contributed by atoms with E-state index in [-0.39, 0.29) is 6.54 Å². The summed E-state index contributed by atoms with van der Waals surface area (Å²) in [4.78, 5) is 9.99. The van der Waals surface area contributed by atoms with Crippen molar-refractivity contribution < 1.29 is 5.11 Å². The van der Waals surface area contributed by atoms with Crippen LogP contribution in [0.3, 0.4) is 0 Å². The van der Waals surface area contributed by atoms with Crippen molar-refractivity contribution in [2.45, 2.75) is 6.10 Å². The third kappa shape index (κ3) is 2.19. The van der Waals surface area contributed by atoms with Crippen molar-refractivity contribution in [3.05, 3.63) is 34.7 Å². The highest BCUT2D eigenvalue weighted by Gasteiger charge is 2.05. The third-order valence-electron chi connectivity index (χ3n) is 1.26. The van der Waals surface area contributed by atoms with E-state index in [1.807, 2.05) is 0 Å². The summed E-state index contributed by atoms with van der Waals surface area (Å²) in [6, 6.07) is 1.57. The molecule has 6 nitrogen and oxygen atoms in total. The predicted octanol–water partition coefficient (Wildman–Crippen LogP) is 0.820. The van der Waals surface area contributed by atoms with Crippen LogP contribution in [0, 0.1) is 0 Å². The van der Waals surface area contributed by atoms with Crippen molar-refractivity contribution in [1.82, 2.24) is 9.97 Å². The monoisotopic (exact) mass is 165 g/mol. The van der Waals surface area contributed by atoms with Gasteiger partial charge >= 0.3 is 0 Å². The Morgan fingerprint density at radius 3 is 3.17 bits per heavy atom. The van der Waals surface area contributed by atoms with Gasteiger partial charge in [-0.25, -0.2) is 9.97 Å². The summed E-state index contributed by atoms with van der Waals surface area (Å²) >= 11 is 0. The maximum atomic E-state index is 9.30. The van der Waals surface area contributed by atoms with Crippen LogP contribution in [0.4, 0.5) is 0 Å². The van der Waals surface area contributed by atoms with Gasteiger partial charge in [0.15, 0.2) is 0 Å². The molecule has 0 saturated heterocycles. The molecule has 62 valence electrons. The number of hydrogen-bond donors (Lipinski definition) is 1. The first-order valence-electron chi connectivity index (χ1n) is 3.29. The van der Waals surface area contributed by atoms with Gasteiger partial charge in [-0.1, -0.05) is 5.11 Å². The van der Waals surface area contributed by atoms with Crippen LogP contribution in [-0.2, 0) is 0 Å². The van der Waals surface area contributed by atoms with E-state index in [4.69, 9.17) is 5.53 Å². The smallest absolute Gasteiger partial charge is 0.115 e.